The highest BCUT2D eigenvalue weighted by Crippen LogP contribution is 2.24. The van der Waals surface area contributed by atoms with Gasteiger partial charge in [0.05, 0.1) is 5.56 Å². The van der Waals surface area contributed by atoms with Crippen molar-refractivity contribution in [3.8, 4) is 0 Å². The van der Waals surface area contributed by atoms with Crippen LogP contribution in [-0.2, 0) is 0 Å². The minimum atomic E-state index is 0.117. The third-order valence-electron chi connectivity index (χ3n) is 3.48. The van der Waals surface area contributed by atoms with Crippen LogP contribution in [0.15, 0.2) is 18.2 Å². The fourth-order valence-electron chi connectivity index (χ4n) is 2.47. The van der Waals surface area contributed by atoms with E-state index < -0.39 is 0 Å². The average Bonchev–Trinajstić information content (AvgIpc) is 2.41. The summed E-state index contributed by atoms with van der Waals surface area (Å²) in [7, 11) is 0. The summed E-state index contributed by atoms with van der Waals surface area (Å²) in [5.41, 5.74) is 0.729. The predicted molar refractivity (Wildman–Crippen MR) is 91.2 cm³/mol. The van der Waals surface area contributed by atoms with Gasteiger partial charge in [0.15, 0.2) is 0 Å². The Hall–Kier alpha value is 0.190. The normalized spacial score (nSPS) is 19.5. The van der Waals surface area contributed by atoms with E-state index in [4.69, 9.17) is 11.6 Å². The molecule has 19 heavy (non-hydrogen) atoms. The smallest absolute Gasteiger partial charge is 0.254 e. The molecule has 1 aromatic carbocycles. The highest BCUT2D eigenvalue weighted by Gasteiger charge is 2.25. The van der Waals surface area contributed by atoms with Crippen molar-refractivity contribution >= 4 is 56.0 Å². The van der Waals surface area contributed by atoms with Crippen LogP contribution in [-0.4, -0.2) is 29.2 Å². The molecule has 2 rings (SSSR count). The number of nitrogens with zero attached hydrogens (tertiary/aromatic N) is 1. The minimum Gasteiger partial charge on any atom is -0.338 e. The Kier molecular flexibility index (Phi) is 5.96. The number of hydrogen-bond acceptors (Lipinski definition) is 1. The summed E-state index contributed by atoms with van der Waals surface area (Å²) in [6.45, 7) is 1.73. The second kappa shape index (κ2) is 7.27. The van der Waals surface area contributed by atoms with E-state index in [0.29, 0.717) is 10.9 Å². The van der Waals surface area contributed by atoms with Gasteiger partial charge in [0.2, 0.25) is 0 Å². The van der Waals surface area contributed by atoms with Crippen molar-refractivity contribution in [3.63, 3.8) is 0 Å². The number of benzene rings is 1. The molecule has 0 saturated carbocycles. The van der Waals surface area contributed by atoms with Gasteiger partial charge < -0.3 is 4.90 Å². The third-order valence-corrected chi connectivity index (χ3v) is 5.12. The zero-order chi connectivity index (χ0) is 13.8. The van der Waals surface area contributed by atoms with Crippen LogP contribution in [0.4, 0.5) is 0 Å². The van der Waals surface area contributed by atoms with E-state index in [1.807, 2.05) is 17.0 Å². The summed E-state index contributed by atoms with van der Waals surface area (Å²) in [5, 5.41) is 1.63. The van der Waals surface area contributed by atoms with E-state index in [1.54, 1.807) is 6.07 Å². The van der Waals surface area contributed by atoms with Crippen LogP contribution in [0.25, 0.3) is 0 Å². The largest absolute Gasteiger partial charge is 0.338 e. The Balaban J connectivity index is 2.12. The van der Waals surface area contributed by atoms with Crippen LogP contribution in [0.3, 0.4) is 0 Å². The van der Waals surface area contributed by atoms with Gasteiger partial charge in [-0.3, -0.25) is 4.79 Å². The first-order valence-corrected chi connectivity index (χ1v) is 9.00. The molecule has 1 aliphatic heterocycles. The van der Waals surface area contributed by atoms with Crippen molar-refractivity contribution in [1.29, 1.82) is 0 Å². The van der Waals surface area contributed by atoms with Crippen LogP contribution in [0, 0.1) is 9.49 Å². The molecule has 1 fully saturated rings. The van der Waals surface area contributed by atoms with Crippen molar-refractivity contribution in [2.45, 2.75) is 19.3 Å². The number of likely N-dealkylation sites (tertiary alicyclic amines) is 1. The van der Waals surface area contributed by atoms with Gasteiger partial charge in [0.1, 0.15) is 0 Å². The predicted octanol–water partition coefficient (Wildman–Crippen LogP) is 4.58. The first-order valence-electron chi connectivity index (χ1n) is 6.42. The molecular weight excluding hydrogens is 440 g/mol. The molecule has 1 saturated heterocycles. The molecule has 0 N–H and O–H groups in total. The number of piperidine rings is 1. The standard InChI is InChI=1S/C14H16BrClINO/c15-6-5-10-2-1-7-18(9-10)14(19)12-8-11(16)3-4-13(12)17/h3-4,8,10H,1-2,5-7,9H2. The van der Waals surface area contributed by atoms with E-state index in [2.05, 4.69) is 38.5 Å². The number of amides is 1. The molecule has 2 nitrogen and oxygen atoms in total. The summed E-state index contributed by atoms with van der Waals surface area (Å²) in [6, 6.07) is 5.50. The summed E-state index contributed by atoms with van der Waals surface area (Å²) >= 11 is 11.7. The maximum atomic E-state index is 12.6. The quantitative estimate of drug-likeness (QED) is 0.482. The van der Waals surface area contributed by atoms with E-state index in [-0.39, 0.29) is 5.91 Å². The lowest BCUT2D eigenvalue weighted by Gasteiger charge is -2.33. The van der Waals surface area contributed by atoms with Gasteiger partial charge in [0, 0.05) is 27.0 Å². The van der Waals surface area contributed by atoms with Gasteiger partial charge in [-0.2, -0.15) is 0 Å². The number of carbonyl (C=O) groups excluding carboxylic acids is 1. The lowest BCUT2D eigenvalue weighted by Crippen LogP contribution is -2.40. The number of halogens is 3. The molecule has 1 atom stereocenters. The number of alkyl halides is 1. The van der Waals surface area contributed by atoms with E-state index in [1.165, 1.54) is 6.42 Å². The first kappa shape index (κ1) is 15.6. The highest BCUT2D eigenvalue weighted by atomic mass is 127. The van der Waals surface area contributed by atoms with E-state index >= 15 is 0 Å². The first-order chi connectivity index (χ1) is 9.11. The Morgan fingerprint density at radius 1 is 1.53 bits per heavy atom. The molecule has 0 aromatic heterocycles. The van der Waals surface area contributed by atoms with Crippen LogP contribution >= 0.6 is 50.1 Å². The Bertz CT molecular complexity index is 467. The van der Waals surface area contributed by atoms with Crippen molar-refractivity contribution in [1.82, 2.24) is 4.90 Å². The molecule has 1 unspecified atom stereocenters. The maximum absolute atomic E-state index is 12.6. The monoisotopic (exact) mass is 455 g/mol. The Morgan fingerprint density at radius 2 is 2.32 bits per heavy atom. The number of rotatable bonds is 3. The maximum Gasteiger partial charge on any atom is 0.254 e. The van der Waals surface area contributed by atoms with Crippen molar-refractivity contribution in [3.05, 3.63) is 32.4 Å². The summed E-state index contributed by atoms with van der Waals surface area (Å²) in [5.74, 6) is 0.736. The Labute approximate surface area is 141 Å². The van der Waals surface area contributed by atoms with Gasteiger partial charge in [0.25, 0.3) is 5.91 Å². The molecule has 104 valence electrons. The van der Waals surface area contributed by atoms with Gasteiger partial charge in [-0.05, 0) is 66.0 Å². The number of hydrogen-bond donors (Lipinski definition) is 0. The van der Waals surface area contributed by atoms with Crippen LogP contribution in [0.5, 0.6) is 0 Å². The summed E-state index contributed by atoms with van der Waals surface area (Å²) < 4.78 is 0.967. The molecule has 0 radical (unpaired) electrons. The lowest BCUT2D eigenvalue weighted by atomic mass is 9.95. The van der Waals surface area contributed by atoms with Gasteiger partial charge in [-0.15, -0.1) is 0 Å². The fraction of sp³-hybridized carbons (Fsp3) is 0.500. The van der Waals surface area contributed by atoms with E-state index in [9.17, 15) is 4.79 Å². The average molecular weight is 457 g/mol. The van der Waals surface area contributed by atoms with Crippen molar-refractivity contribution in [2.24, 2.45) is 5.92 Å². The SMILES string of the molecule is O=C(c1cc(Cl)ccc1I)N1CCCC(CCBr)C1. The second-order valence-corrected chi connectivity index (χ2v) is 7.25. The van der Waals surface area contributed by atoms with Crippen molar-refractivity contribution < 1.29 is 4.79 Å². The topological polar surface area (TPSA) is 20.3 Å². The highest BCUT2D eigenvalue weighted by molar-refractivity contribution is 14.1. The molecule has 5 heteroatoms. The van der Waals surface area contributed by atoms with Gasteiger partial charge in [-0.1, -0.05) is 27.5 Å². The molecule has 0 spiro atoms. The van der Waals surface area contributed by atoms with Gasteiger partial charge >= 0.3 is 0 Å². The fourth-order valence-corrected chi connectivity index (χ4v) is 3.86. The lowest BCUT2D eigenvalue weighted by molar-refractivity contribution is 0.0671. The third kappa shape index (κ3) is 4.08. The summed E-state index contributed by atoms with van der Waals surface area (Å²) in [6.07, 6.45) is 3.46. The second-order valence-electron chi connectivity index (χ2n) is 4.86. The molecule has 1 aromatic rings. The van der Waals surface area contributed by atoms with Crippen molar-refractivity contribution in [2.75, 3.05) is 18.4 Å². The van der Waals surface area contributed by atoms with Crippen LogP contribution in [0.1, 0.15) is 29.6 Å². The van der Waals surface area contributed by atoms with Crippen LogP contribution in [0.2, 0.25) is 5.02 Å². The zero-order valence-corrected chi connectivity index (χ0v) is 15.0. The molecule has 0 aliphatic carbocycles. The Morgan fingerprint density at radius 3 is 3.05 bits per heavy atom. The van der Waals surface area contributed by atoms with Gasteiger partial charge in [-0.25, -0.2) is 0 Å². The summed E-state index contributed by atoms with van der Waals surface area (Å²) in [4.78, 5) is 14.6. The molecule has 1 aliphatic rings. The zero-order valence-electron chi connectivity index (χ0n) is 10.5. The van der Waals surface area contributed by atoms with Crippen LogP contribution < -0.4 is 0 Å². The number of carbonyl (C=O) groups is 1. The minimum absolute atomic E-state index is 0.117. The molecule has 1 amide bonds. The van der Waals surface area contributed by atoms with E-state index in [0.717, 1.165) is 40.4 Å². The molecule has 1 heterocycles. The molecule has 0 bridgehead atoms. The molecular formula is C14H16BrClINO.